The predicted octanol–water partition coefficient (Wildman–Crippen LogP) is 5.97. The van der Waals surface area contributed by atoms with Crippen molar-refractivity contribution in [2.45, 2.75) is 66.6 Å². The molecule has 0 bridgehead atoms. The van der Waals surface area contributed by atoms with Crippen LogP contribution in [0.1, 0.15) is 76.1 Å². The summed E-state index contributed by atoms with van der Waals surface area (Å²) in [6.45, 7) is 15.8. The SMILES string of the molecule is CC(C)CN(c1ccc(C(=O)OC(C)(C)C)cc1N)c1ccccc1C(=O)OC(C)(C)C. The summed E-state index contributed by atoms with van der Waals surface area (Å²) in [6, 6.07) is 12.4. The van der Waals surface area contributed by atoms with Crippen LogP contribution >= 0.6 is 0 Å². The molecule has 0 saturated carbocycles. The topological polar surface area (TPSA) is 81.9 Å². The van der Waals surface area contributed by atoms with Gasteiger partial charge in [-0.2, -0.15) is 0 Å². The molecule has 2 aromatic rings. The van der Waals surface area contributed by atoms with Crippen molar-refractivity contribution in [3.8, 4) is 0 Å². The van der Waals surface area contributed by atoms with Gasteiger partial charge in [0.25, 0.3) is 0 Å². The van der Waals surface area contributed by atoms with E-state index in [-0.39, 0.29) is 5.92 Å². The van der Waals surface area contributed by atoms with Crippen LogP contribution in [0.5, 0.6) is 0 Å². The zero-order chi connectivity index (χ0) is 24.3. The molecule has 0 unspecified atom stereocenters. The van der Waals surface area contributed by atoms with E-state index in [2.05, 4.69) is 13.8 Å². The molecule has 32 heavy (non-hydrogen) atoms. The van der Waals surface area contributed by atoms with Crippen molar-refractivity contribution in [1.29, 1.82) is 0 Å². The number of anilines is 3. The summed E-state index contributed by atoms with van der Waals surface area (Å²) >= 11 is 0. The third kappa shape index (κ3) is 7.01. The van der Waals surface area contributed by atoms with Gasteiger partial charge < -0.3 is 20.1 Å². The number of para-hydroxylation sites is 1. The molecule has 0 amide bonds. The zero-order valence-electron chi connectivity index (χ0n) is 20.5. The first kappa shape index (κ1) is 25.2. The second kappa shape index (κ2) is 9.63. The summed E-state index contributed by atoms with van der Waals surface area (Å²) < 4.78 is 11.1. The molecule has 2 rings (SSSR count). The fraction of sp³-hybridized carbons (Fsp3) is 0.462. The van der Waals surface area contributed by atoms with Crippen LogP contribution in [0.2, 0.25) is 0 Å². The van der Waals surface area contributed by atoms with Crippen molar-refractivity contribution < 1.29 is 19.1 Å². The lowest BCUT2D eigenvalue weighted by Crippen LogP contribution is -2.28. The summed E-state index contributed by atoms with van der Waals surface area (Å²) in [7, 11) is 0. The molecule has 0 atom stereocenters. The van der Waals surface area contributed by atoms with Gasteiger partial charge in [-0.25, -0.2) is 9.59 Å². The minimum atomic E-state index is -0.610. The number of nitrogens with two attached hydrogens (primary N) is 1. The van der Waals surface area contributed by atoms with Gasteiger partial charge in [-0.15, -0.1) is 0 Å². The lowest BCUT2D eigenvalue weighted by Gasteiger charge is -2.30. The van der Waals surface area contributed by atoms with E-state index in [1.165, 1.54) is 0 Å². The van der Waals surface area contributed by atoms with Gasteiger partial charge in [-0.1, -0.05) is 26.0 Å². The number of carbonyl (C=O) groups excluding carboxylic acids is 2. The molecule has 0 fully saturated rings. The fourth-order valence-corrected chi connectivity index (χ4v) is 3.17. The largest absolute Gasteiger partial charge is 0.456 e. The zero-order valence-corrected chi connectivity index (χ0v) is 20.5. The standard InChI is InChI=1S/C26H36N2O4/c1-17(2)16-28(21-12-10-9-11-19(21)24(30)32-26(6,7)8)22-14-13-18(15-20(22)27)23(29)31-25(3,4)5/h9-15,17H,16,27H2,1-8H3. The maximum atomic E-state index is 12.9. The molecule has 0 aliphatic carbocycles. The van der Waals surface area contributed by atoms with Crippen LogP contribution in [0.25, 0.3) is 0 Å². The van der Waals surface area contributed by atoms with Crippen molar-refractivity contribution in [1.82, 2.24) is 0 Å². The number of rotatable bonds is 6. The first-order chi connectivity index (χ1) is 14.7. The molecule has 2 N–H and O–H groups in total. The highest BCUT2D eigenvalue weighted by atomic mass is 16.6. The van der Waals surface area contributed by atoms with Crippen molar-refractivity contribution in [2.75, 3.05) is 17.2 Å². The molecule has 0 spiro atoms. The highest BCUT2D eigenvalue weighted by Crippen LogP contribution is 2.35. The van der Waals surface area contributed by atoms with Gasteiger partial charge in [-0.3, -0.25) is 0 Å². The van der Waals surface area contributed by atoms with E-state index in [0.717, 1.165) is 0 Å². The van der Waals surface area contributed by atoms with E-state index in [4.69, 9.17) is 15.2 Å². The van der Waals surface area contributed by atoms with Gasteiger partial charge in [0.2, 0.25) is 0 Å². The van der Waals surface area contributed by atoms with E-state index in [1.807, 2.05) is 64.6 Å². The monoisotopic (exact) mass is 440 g/mol. The lowest BCUT2D eigenvalue weighted by molar-refractivity contribution is 0.00576. The molecule has 0 aliphatic heterocycles. The Labute approximate surface area is 191 Å². The van der Waals surface area contributed by atoms with Crippen LogP contribution in [0.4, 0.5) is 17.1 Å². The van der Waals surface area contributed by atoms with E-state index in [1.54, 1.807) is 24.3 Å². The molecule has 6 nitrogen and oxygen atoms in total. The third-order valence-electron chi connectivity index (χ3n) is 4.31. The maximum absolute atomic E-state index is 12.9. The summed E-state index contributed by atoms with van der Waals surface area (Å²) in [5.41, 5.74) is 7.87. The molecule has 0 heterocycles. The highest BCUT2D eigenvalue weighted by Gasteiger charge is 2.25. The molecule has 0 radical (unpaired) electrons. The fourth-order valence-electron chi connectivity index (χ4n) is 3.17. The van der Waals surface area contributed by atoms with Gasteiger partial charge >= 0.3 is 11.9 Å². The van der Waals surface area contributed by atoms with Crippen LogP contribution in [0.15, 0.2) is 42.5 Å². The minimum absolute atomic E-state index is 0.284. The number of nitrogens with zero attached hydrogens (tertiary/aromatic N) is 1. The van der Waals surface area contributed by atoms with Crippen molar-refractivity contribution >= 4 is 29.0 Å². The second-order valence-electron chi connectivity index (χ2n) is 10.3. The van der Waals surface area contributed by atoms with E-state index in [9.17, 15) is 9.59 Å². The summed E-state index contributed by atoms with van der Waals surface area (Å²) in [6.07, 6.45) is 0. The number of carbonyl (C=O) groups is 2. The number of esters is 2. The number of hydrogen-bond acceptors (Lipinski definition) is 6. The Kier molecular flexibility index (Phi) is 7.60. The summed E-state index contributed by atoms with van der Waals surface area (Å²) in [5, 5.41) is 0. The van der Waals surface area contributed by atoms with E-state index >= 15 is 0 Å². The Hall–Kier alpha value is -3.02. The lowest BCUT2D eigenvalue weighted by atomic mass is 10.1. The number of nitrogen functional groups attached to an aromatic ring is 1. The second-order valence-corrected chi connectivity index (χ2v) is 10.3. The van der Waals surface area contributed by atoms with Crippen LogP contribution < -0.4 is 10.6 Å². The van der Waals surface area contributed by atoms with Gasteiger partial charge in [-0.05, 0) is 77.8 Å². The molecule has 0 saturated heterocycles. The van der Waals surface area contributed by atoms with Gasteiger partial charge in [0.1, 0.15) is 11.2 Å². The molecule has 0 aliphatic rings. The van der Waals surface area contributed by atoms with Gasteiger partial charge in [0.15, 0.2) is 0 Å². The Morgan fingerprint density at radius 3 is 1.97 bits per heavy atom. The first-order valence-electron chi connectivity index (χ1n) is 10.9. The Morgan fingerprint density at radius 2 is 1.44 bits per heavy atom. The van der Waals surface area contributed by atoms with Crippen LogP contribution in [-0.4, -0.2) is 29.7 Å². The Balaban J connectivity index is 2.51. The minimum Gasteiger partial charge on any atom is -0.456 e. The average Bonchev–Trinajstić information content (AvgIpc) is 2.63. The molecule has 174 valence electrons. The Morgan fingerprint density at radius 1 is 0.875 bits per heavy atom. The van der Waals surface area contributed by atoms with Crippen LogP contribution in [-0.2, 0) is 9.47 Å². The molecular formula is C26H36N2O4. The van der Waals surface area contributed by atoms with Crippen molar-refractivity contribution in [3.05, 3.63) is 53.6 Å². The normalized spacial score (nSPS) is 11.9. The highest BCUT2D eigenvalue weighted by molar-refractivity contribution is 5.98. The van der Waals surface area contributed by atoms with Crippen molar-refractivity contribution in [3.63, 3.8) is 0 Å². The number of hydrogen-bond donors (Lipinski definition) is 1. The van der Waals surface area contributed by atoms with Crippen LogP contribution in [0, 0.1) is 5.92 Å². The molecule has 6 heteroatoms. The number of benzene rings is 2. The van der Waals surface area contributed by atoms with E-state index < -0.39 is 23.1 Å². The molecule has 0 aromatic heterocycles. The average molecular weight is 441 g/mol. The third-order valence-corrected chi connectivity index (χ3v) is 4.31. The quantitative estimate of drug-likeness (QED) is 0.440. The number of ether oxygens (including phenoxy) is 2. The maximum Gasteiger partial charge on any atom is 0.340 e. The van der Waals surface area contributed by atoms with E-state index in [0.29, 0.717) is 34.7 Å². The van der Waals surface area contributed by atoms with Gasteiger partial charge in [0.05, 0.1) is 28.2 Å². The summed E-state index contributed by atoms with van der Waals surface area (Å²) in [5.74, 6) is -0.544. The van der Waals surface area contributed by atoms with Crippen LogP contribution in [0.3, 0.4) is 0 Å². The van der Waals surface area contributed by atoms with Crippen molar-refractivity contribution in [2.24, 2.45) is 5.92 Å². The Bertz CT molecular complexity index is 969. The first-order valence-corrected chi connectivity index (χ1v) is 10.9. The summed E-state index contributed by atoms with van der Waals surface area (Å²) in [4.78, 5) is 27.4. The molecule has 2 aromatic carbocycles. The molecular weight excluding hydrogens is 404 g/mol. The predicted molar refractivity (Wildman–Crippen MR) is 129 cm³/mol. The smallest absolute Gasteiger partial charge is 0.340 e. The van der Waals surface area contributed by atoms with Gasteiger partial charge in [0, 0.05) is 6.54 Å².